The van der Waals surface area contributed by atoms with Crippen molar-refractivity contribution in [2.24, 2.45) is 0 Å². The first-order valence-corrected chi connectivity index (χ1v) is 7.59. The Morgan fingerprint density at radius 2 is 2.00 bits per heavy atom. The molecule has 0 bridgehead atoms. The molecule has 18 heavy (non-hydrogen) atoms. The molecule has 0 unspecified atom stereocenters. The Labute approximate surface area is 120 Å². The van der Waals surface area contributed by atoms with Gasteiger partial charge in [-0.05, 0) is 60.5 Å². The number of aryl methyl sites for hydroxylation is 3. The summed E-state index contributed by atoms with van der Waals surface area (Å²) in [6.45, 7) is 6.07. The fraction of sp³-hybridized carbons (Fsp3) is 0.267. The van der Waals surface area contributed by atoms with E-state index in [-0.39, 0.29) is 5.78 Å². The summed E-state index contributed by atoms with van der Waals surface area (Å²) in [6, 6.07) is 6.03. The maximum absolute atomic E-state index is 12.6. The molecule has 0 fully saturated rings. The summed E-state index contributed by atoms with van der Waals surface area (Å²) < 4.78 is 1.05. The molecule has 0 amide bonds. The summed E-state index contributed by atoms with van der Waals surface area (Å²) in [7, 11) is 0. The van der Waals surface area contributed by atoms with Crippen molar-refractivity contribution in [2.75, 3.05) is 0 Å². The third-order valence-electron chi connectivity index (χ3n) is 3.08. The minimum absolute atomic E-state index is 0.148. The smallest absolute Gasteiger partial charge is 0.203 e. The second-order valence-electron chi connectivity index (χ2n) is 4.37. The van der Waals surface area contributed by atoms with Gasteiger partial charge >= 0.3 is 0 Å². The number of ketones is 1. The molecule has 1 heterocycles. The number of carbonyl (C=O) groups excluding carboxylic acids is 1. The molecule has 1 aromatic carbocycles. The van der Waals surface area contributed by atoms with Crippen LogP contribution in [0.15, 0.2) is 28.1 Å². The monoisotopic (exact) mass is 322 g/mol. The van der Waals surface area contributed by atoms with Crippen molar-refractivity contribution in [1.29, 1.82) is 0 Å². The molecule has 0 aliphatic heterocycles. The van der Waals surface area contributed by atoms with E-state index in [2.05, 4.69) is 22.9 Å². The third-order valence-corrected chi connectivity index (χ3v) is 4.89. The van der Waals surface area contributed by atoms with E-state index in [1.54, 1.807) is 0 Å². The van der Waals surface area contributed by atoms with E-state index in [0.717, 1.165) is 38.0 Å². The van der Waals surface area contributed by atoms with Crippen LogP contribution in [0.3, 0.4) is 0 Å². The van der Waals surface area contributed by atoms with Gasteiger partial charge in [-0.15, -0.1) is 11.3 Å². The third kappa shape index (κ3) is 2.43. The molecule has 0 aliphatic rings. The van der Waals surface area contributed by atoms with Crippen LogP contribution in [0.1, 0.15) is 38.8 Å². The summed E-state index contributed by atoms with van der Waals surface area (Å²) in [5, 5.41) is 1.99. The highest BCUT2D eigenvalue weighted by atomic mass is 79.9. The lowest BCUT2D eigenvalue weighted by atomic mass is 9.99. The Morgan fingerprint density at radius 1 is 1.28 bits per heavy atom. The highest BCUT2D eigenvalue weighted by Gasteiger charge is 2.17. The fourth-order valence-electron chi connectivity index (χ4n) is 1.96. The van der Waals surface area contributed by atoms with Gasteiger partial charge in [0.1, 0.15) is 0 Å². The SMILES string of the molecule is CCc1ccsc1C(=O)c1cc(C)c(Br)cc1C. The van der Waals surface area contributed by atoms with E-state index in [1.807, 2.05) is 37.4 Å². The lowest BCUT2D eigenvalue weighted by molar-refractivity contribution is 0.104. The van der Waals surface area contributed by atoms with Gasteiger partial charge in [-0.3, -0.25) is 4.79 Å². The van der Waals surface area contributed by atoms with Crippen molar-refractivity contribution in [2.45, 2.75) is 27.2 Å². The number of hydrogen-bond acceptors (Lipinski definition) is 2. The van der Waals surface area contributed by atoms with Gasteiger partial charge in [0.2, 0.25) is 5.78 Å². The first-order valence-electron chi connectivity index (χ1n) is 5.92. The lowest BCUT2D eigenvalue weighted by Crippen LogP contribution is -2.04. The number of carbonyl (C=O) groups is 1. The molecule has 2 aromatic rings. The summed E-state index contributed by atoms with van der Waals surface area (Å²) in [5.41, 5.74) is 4.07. The number of rotatable bonds is 3. The molecule has 3 heteroatoms. The van der Waals surface area contributed by atoms with Gasteiger partial charge in [0, 0.05) is 10.0 Å². The maximum atomic E-state index is 12.6. The highest BCUT2D eigenvalue weighted by Crippen LogP contribution is 2.26. The predicted octanol–water partition coefficient (Wildman–Crippen LogP) is 4.92. The first kappa shape index (κ1) is 13.5. The van der Waals surface area contributed by atoms with Crippen LogP contribution in [0.4, 0.5) is 0 Å². The van der Waals surface area contributed by atoms with Crippen LogP contribution in [0.2, 0.25) is 0 Å². The van der Waals surface area contributed by atoms with Crippen molar-refractivity contribution in [3.05, 3.63) is 55.2 Å². The molecular weight excluding hydrogens is 308 g/mol. The zero-order chi connectivity index (χ0) is 13.3. The maximum Gasteiger partial charge on any atom is 0.203 e. The van der Waals surface area contributed by atoms with E-state index < -0.39 is 0 Å². The Hall–Kier alpha value is -0.930. The van der Waals surface area contributed by atoms with Crippen LogP contribution in [-0.2, 0) is 6.42 Å². The molecule has 1 nitrogen and oxygen atoms in total. The number of hydrogen-bond donors (Lipinski definition) is 0. The van der Waals surface area contributed by atoms with E-state index in [0.29, 0.717) is 0 Å². The quantitative estimate of drug-likeness (QED) is 0.733. The average Bonchev–Trinajstić information content (AvgIpc) is 2.81. The van der Waals surface area contributed by atoms with Crippen LogP contribution in [-0.4, -0.2) is 5.78 Å². The van der Waals surface area contributed by atoms with E-state index in [4.69, 9.17) is 0 Å². The molecule has 1 aromatic heterocycles. The molecule has 0 radical (unpaired) electrons. The largest absolute Gasteiger partial charge is 0.288 e. The van der Waals surface area contributed by atoms with Crippen LogP contribution in [0.25, 0.3) is 0 Å². The van der Waals surface area contributed by atoms with Gasteiger partial charge in [-0.2, -0.15) is 0 Å². The first-order chi connectivity index (χ1) is 8.54. The minimum atomic E-state index is 0.148. The van der Waals surface area contributed by atoms with E-state index in [1.165, 1.54) is 11.3 Å². The number of halogens is 1. The summed E-state index contributed by atoms with van der Waals surface area (Å²) >= 11 is 5.03. The summed E-state index contributed by atoms with van der Waals surface area (Å²) in [4.78, 5) is 13.4. The molecule has 2 rings (SSSR count). The van der Waals surface area contributed by atoms with E-state index in [9.17, 15) is 4.79 Å². The van der Waals surface area contributed by atoms with Gasteiger partial charge in [-0.25, -0.2) is 0 Å². The second kappa shape index (κ2) is 5.37. The zero-order valence-electron chi connectivity index (χ0n) is 10.7. The normalized spacial score (nSPS) is 10.7. The molecule has 94 valence electrons. The van der Waals surface area contributed by atoms with Gasteiger partial charge in [-0.1, -0.05) is 22.9 Å². The van der Waals surface area contributed by atoms with Crippen LogP contribution in [0.5, 0.6) is 0 Å². The predicted molar refractivity (Wildman–Crippen MR) is 80.7 cm³/mol. The van der Waals surface area contributed by atoms with Crippen molar-refractivity contribution < 1.29 is 4.79 Å². The Bertz CT molecular complexity index is 599. The molecule has 0 aliphatic carbocycles. The van der Waals surface area contributed by atoms with Gasteiger partial charge in [0.15, 0.2) is 0 Å². The number of thiophene rings is 1. The Balaban J connectivity index is 2.50. The Kier molecular flexibility index (Phi) is 4.03. The van der Waals surface area contributed by atoms with Crippen molar-refractivity contribution in [3.8, 4) is 0 Å². The fourth-order valence-corrected chi connectivity index (χ4v) is 3.37. The summed E-state index contributed by atoms with van der Waals surface area (Å²) in [6.07, 6.45) is 0.902. The minimum Gasteiger partial charge on any atom is -0.288 e. The zero-order valence-corrected chi connectivity index (χ0v) is 13.1. The van der Waals surface area contributed by atoms with Crippen molar-refractivity contribution >= 4 is 33.0 Å². The second-order valence-corrected chi connectivity index (χ2v) is 6.14. The molecule has 0 atom stereocenters. The summed E-state index contributed by atoms with van der Waals surface area (Å²) in [5.74, 6) is 0.148. The van der Waals surface area contributed by atoms with Gasteiger partial charge < -0.3 is 0 Å². The van der Waals surface area contributed by atoms with Crippen LogP contribution < -0.4 is 0 Å². The average molecular weight is 323 g/mol. The van der Waals surface area contributed by atoms with Gasteiger partial charge in [0.05, 0.1) is 4.88 Å². The topological polar surface area (TPSA) is 17.1 Å². The van der Waals surface area contributed by atoms with Crippen molar-refractivity contribution in [1.82, 2.24) is 0 Å². The lowest BCUT2D eigenvalue weighted by Gasteiger charge is -2.08. The van der Waals surface area contributed by atoms with Gasteiger partial charge in [0.25, 0.3) is 0 Å². The Morgan fingerprint density at radius 3 is 2.67 bits per heavy atom. The standard InChI is InChI=1S/C15H15BrOS/c1-4-11-5-6-18-15(11)14(17)12-7-10(3)13(16)8-9(12)2/h5-8H,4H2,1-3H3. The molecule has 0 N–H and O–H groups in total. The van der Waals surface area contributed by atoms with Crippen LogP contribution >= 0.6 is 27.3 Å². The van der Waals surface area contributed by atoms with Crippen LogP contribution in [0, 0.1) is 13.8 Å². The molecular formula is C15H15BrOS. The highest BCUT2D eigenvalue weighted by molar-refractivity contribution is 9.10. The number of benzene rings is 1. The molecule has 0 spiro atoms. The molecule has 0 saturated carbocycles. The molecule has 0 saturated heterocycles. The van der Waals surface area contributed by atoms with Crippen molar-refractivity contribution in [3.63, 3.8) is 0 Å². The van der Waals surface area contributed by atoms with E-state index >= 15 is 0 Å².